The molecule has 1 aromatic heterocycles. The zero-order valence-corrected chi connectivity index (χ0v) is 19.7. The van der Waals surface area contributed by atoms with Crippen LogP contribution in [-0.4, -0.2) is 46.1 Å². The third kappa shape index (κ3) is 4.79. The number of nitrogens with two attached hydrogens (primary N) is 1. The molecule has 36 heavy (non-hydrogen) atoms. The van der Waals surface area contributed by atoms with Crippen molar-refractivity contribution in [3.05, 3.63) is 90.3 Å². The lowest BCUT2D eigenvalue weighted by Gasteiger charge is -2.27. The van der Waals surface area contributed by atoms with Crippen molar-refractivity contribution in [1.82, 2.24) is 15.3 Å². The summed E-state index contributed by atoms with van der Waals surface area (Å²) in [6.45, 7) is 2.03. The van der Waals surface area contributed by atoms with Gasteiger partial charge in [0, 0.05) is 24.3 Å². The number of nitrogens with zero attached hydrogens (tertiary/aromatic N) is 3. The Morgan fingerprint density at radius 1 is 1.03 bits per heavy atom. The zero-order chi connectivity index (χ0) is 25.1. The number of rotatable bonds is 7. The fourth-order valence-electron chi connectivity index (χ4n) is 4.51. The van der Waals surface area contributed by atoms with Crippen LogP contribution in [0.25, 0.3) is 11.0 Å². The van der Waals surface area contributed by atoms with Crippen molar-refractivity contribution in [2.45, 2.75) is 25.0 Å². The van der Waals surface area contributed by atoms with Crippen molar-refractivity contribution in [1.29, 1.82) is 0 Å². The Labute approximate surface area is 208 Å². The molecular formula is C27H28N6O3. The zero-order valence-electron chi connectivity index (χ0n) is 19.7. The number of hydrogen-bond donors (Lipinski definition) is 4. The minimum absolute atomic E-state index is 0.381. The number of aliphatic hydroxyl groups excluding tert-OH is 1. The maximum Gasteiger partial charge on any atom is 0.272 e. The summed E-state index contributed by atoms with van der Waals surface area (Å²) in [7, 11) is 0. The average molecular weight is 485 g/mol. The van der Waals surface area contributed by atoms with E-state index in [4.69, 9.17) is 5.84 Å². The molecule has 1 aliphatic heterocycles. The second kappa shape index (κ2) is 10.2. The highest BCUT2D eigenvalue weighted by Gasteiger charge is 2.32. The van der Waals surface area contributed by atoms with Gasteiger partial charge in [-0.2, -0.15) is 0 Å². The van der Waals surface area contributed by atoms with Crippen LogP contribution in [0.4, 0.5) is 11.4 Å². The number of amides is 2. The van der Waals surface area contributed by atoms with Crippen LogP contribution in [0.1, 0.15) is 34.8 Å². The standard InChI is InChI=1S/C27H28N6O3/c28-33(21-12-13-22-23(16-21)30-17-29-22)27(36)25(34)24(18-6-2-1-3-7-18)31-26(35)19-8-10-20(11-9-19)32-14-4-5-15-32/h1-3,6-13,16-17,24-25,34H,4-5,14-15,28H2,(H,29,30)(H,31,35). The first-order chi connectivity index (χ1) is 17.5. The van der Waals surface area contributed by atoms with E-state index in [0.29, 0.717) is 22.3 Å². The number of aromatic nitrogens is 2. The Kier molecular flexibility index (Phi) is 6.66. The van der Waals surface area contributed by atoms with E-state index < -0.39 is 24.0 Å². The van der Waals surface area contributed by atoms with Crippen molar-refractivity contribution >= 4 is 34.2 Å². The lowest BCUT2D eigenvalue weighted by molar-refractivity contribution is -0.128. The van der Waals surface area contributed by atoms with Crippen molar-refractivity contribution in [2.24, 2.45) is 5.84 Å². The van der Waals surface area contributed by atoms with Gasteiger partial charge in [-0.3, -0.25) is 9.59 Å². The Morgan fingerprint density at radius 2 is 1.75 bits per heavy atom. The summed E-state index contributed by atoms with van der Waals surface area (Å²) in [5, 5.41) is 14.8. The molecule has 1 aliphatic rings. The molecule has 184 valence electrons. The molecule has 9 heteroatoms. The summed E-state index contributed by atoms with van der Waals surface area (Å²) in [6, 6.07) is 20.3. The van der Waals surface area contributed by atoms with E-state index in [1.165, 1.54) is 12.8 Å². The quantitative estimate of drug-likeness (QED) is 0.181. The third-order valence-corrected chi connectivity index (χ3v) is 6.53. The topological polar surface area (TPSA) is 128 Å². The molecule has 4 aromatic rings. The number of hydrogen-bond acceptors (Lipinski definition) is 6. The van der Waals surface area contributed by atoms with E-state index in [1.807, 2.05) is 18.2 Å². The van der Waals surface area contributed by atoms with Crippen molar-refractivity contribution < 1.29 is 14.7 Å². The Hall–Kier alpha value is -4.21. The van der Waals surface area contributed by atoms with Crippen LogP contribution in [0.5, 0.6) is 0 Å². The molecule has 5 rings (SSSR count). The summed E-state index contributed by atoms with van der Waals surface area (Å²) < 4.78 is 0. The first-order valence-corrected chi connectivity index (χ1v) is 11.9. The van der Waals surface area contributed by atoms with Crippen LogP contribution < -0.4 is 21.1 Å². The van der Waals surface area contributed by atoms with Crippen molar-refractivity contribution in [2.75, 3.05) is 23.0 Å². The number of benzene rings is 3. The lowest BCUT2D eigenvalue weighted by atomic mass is 9.99. The van der Waals surface area contributed by atoms with Crippen LogP contribution in [0.15, 0.2) is 79.1 Å². The number of imidazole rings is 1. The minimum Gasteiger partial charge on any atom is -0.381 e. The maximum absolute atomic E-state index is 13.2. The molecule has 0 aliphatic carbocycles. The monoisotopic (exact) mass is 484 g/mol. The van der Waals surface area contributed by atoms with Gasteiger partial charge in [-0.1, -0.05) is 30.3 Å². The highest BCUT2D eigenvalue weighted by molar-refractivity contribution is 5.99. The Bertz CT molecular complexity index is 1350. The van der Waals surface area contributed by atoms with Crippen LogP contribution in [-0.2, 0) is 4.79 Å². The summed E-state index contributed by atoms with van der Waals surface area (Å²) in [4.78, 5) is 35.8. The molecule has 1 saturated heterocycles. The fraction of sp³-hybridized carbons (Fsp3) is 0.222. The second-order valence-corrected chi connectivity index (χ2v) is 8.86. The van der Waals surface area contributed by atoms with Crippen molar-refractivity contribution in [3.63, 3.8) is 0 Å². The van der Waals surface area contributed by atoms with E-state index in [2.05, 4.69) is 20.2 Å². The van der Waals surface area contributed by atoms with Gasteiger partial charge in [0.25, 0.3) is 11.8 Å². The molecule has 2 heterocycles. The van der Waals surface area contributed by atoms with Crippen LogP contribution in [0.3, 0.4) is 0 Å². The van der Waals surface area contributed by atoms with Gasteiger partial charge in [0.15, 0.2) is 6.10 Å². The largest absolute Gasteiger partial charge is 0.381 e. The van der Waals surface area contributed by atoms with E-state index in [-0.39, 0.29) is 0 Å². The van der Waals surface area contributed by atoms with Gasteiger partial charge in [0.1, 0.15) is 0 Å². The van der Waals surface area contributed by atoms with Gasteiger partial charge in [-0.05, 0) is 60.9 Å². The number of carbonyl (C=O) groups is 2. The minimum atomic E-state index is -1.62. The van der Waals surface area contributed by atoms with Gasteiger partial charge >= 0.3 is 0 Å². The molecule has 1 fully saturated rings. The number of carbonyl (C=O) groups excluding carboxylic acids is 2. The Morgan fingerprint density at radius 3 is 2.47 bits per heavy atom. The number of hydrazine groups is 1. The highest BCUT2D eigenvalue weighted by atomic mass is 16.3. The summed E-state index contributed by atoms with van der Waals surface area (Å²) in [6.07, 6.45) is 2.26. The normalized spacial score (nSPS) is 15.0. The van der Waals surface area contributed by atoms with Gasteiger partial charge in [-0.15, -0.1) is 0 Å². The van der Waals surface area contributed by atoms with E-state index in [1.54, 1.807) is 60.9 Å². The molecule has 2 amide bonds. The number of nitrogens with one attached hydrogen (secondary N) is 2. The average Bonchev–Trinajstić information content (AvgIpc) is 3.63. The number of aliphatic hydroxyl groups is 1. The van der Waals surface area contributed by atoms with E-state index in [9.17, 15) is 14.7 Å². The first-order valence-electron chi connectivity index (χ1n) is 11.9. The van der Waals surface area contributed by atoms with Gasteiger partial charge in [0.2, 0.25) is 0 Å². The van der Waals surface area contributed by atoms with Gasteiger partial charge in [0.05, 0.1) is 29.1 Å². The summed E-state index contributed by atoms with van der Waals surface area (Å²) in [5.74, 6) is 4.95. The van der Waals surface area contributed by atoms with Gasteiger partial charge < -0.3 is 20.3 Å². The van der Waals surface area contributed by atoms with Crippen molar-refractivity contribution in [3.8, 4) is 0 Å². The fourth-order valence-corrected chi connectivity index (χ4v) is 4.51. The smallest absolute Gasteiger partial charge is 0.272 e. The van der Waals surface area contributed by atoms with Gasteiger partial charge in [-0.25, -0.2) is 15.8 Å². The molecule has 5 N–H and O–H groups in total. The summed E-state index contributed by atoms with van der Waals surface area (Å²) >= 11 is 0. The van der Waals surface area contributed by atoms with Crippen LogP contribution >= 0.6 is 0 Å². The second-order valence-electron chi connectivity index (χ2n) is 8.86. The first kappa shape index (κ1) is 23.5. The molecule has 0 saturated carbocycles. The van der Waals surface area contributed by atoms with E-state index >= 15 is 0 Å². The number of H-pyrrole nitrogens is 1. The van der Waals surface area contributed by atoms with Crippen LogP contribution in [0, 0.1) is 0 Å². The number of aromatic amines is 1. The molecule has 2 atom stereocenters. The predicted molar refractivity (Wildman–Crippen MR) is 138 cm³/mol. The molecule has 3 aromatic carbocycles. The lowest BCUT2D eigenvalue weighted by Crippen LogP contribution is -2.50. The molecule has 0 bridgehead atoms. The molecule has 2 unspecified atom stereocenters. The number of fused-ring (bicyclic) bond motifs is 1. The molecule has 0 radical (unpaired) electrons. The van der Waals surface area contributed by atoms with Crippen LogP contribution in [0.2, 0.25) is 0 Å². The number of anilines is 2. The van der Waals surface area contributed by atoms with E-state index in [0.717, 1.165) is 29.3 Å². The summed E-state index contributed by atoms with van der Waals surface area (Å²) in [5.41, 5.74) is 3.91. The molecule has 9 nitrogen and oxygen atoms in total. The predicted octanol–water partition coefficient (Wildman–Crippen LogP) is 2.90. The Balaban J connectivity index is 1.36. The molecular weight excluding hydrogens is 456 g/mol. The third-order valence-electron chi connectivity index (χ3n) is 6.53. The maximum atomic E-state index is 13.2. The molecule has 0 spiro atoms. The highest BCUT2D eigenvalue weighted by Crippen LogP contribution is 2.24. The SMILES string of the molecule is NN(C(=O)C(O)C(NC(=O)c1ccc(N2CCCC2)cc1)c1ccccc1)c1ccc2nc[nH]c2c1.